The van der Waals surface area contributed by atoms with E-state index in [0.717, 1.165) is 18.7 Å². The topological polar surface area (TPSA) is 96.3 Å². The third kappa shape index (κ3) is 8.09. The predicted molar refractivity (Wildman–Crippen MR) is 151 cm³/mol. The molecule has 1 aromatic heterocycles. The molecule has 8 nitrogen and oxygen atoms in total. The van der Waals surface area contributed by atoms with Crippen LogP contribution >= 0.6 is 11.6 Å². The summed E-state index contributed by atoms with van der Waals surface area (Å²) in [6.07, 6.45) is -2.68. The lowest BCUT2D eigenvalue weighted by atomic mass is 9.88. The Kier molecular flexibility index (Phi) is 10.7. The first-order valence-corrected chi connectivity index (χ1v) is 13.6. The van der Waals surface area contributed by atoms with Crippen molar-refractivity contribution >= 4 is 35.0 Å². The summed E-state index contributed by atoms with van der Waals surface area (Å²) in [4.78, 5) is 39.8. The number of hydrogen-bond donors (Lipinski definition) is 2. The van der Waals surface area contributed by atoms with E-state index in [1.54, 1.807) is 24.3 Å². The molecule has 0 unspecified atom stereocenters. The molecule has 3 atom stereocenters. The van der Waals surface area contributed by atoms with Crippen molar-refractivity contribution in [3.63, 3.8) is 0 Å². The maximum Gasteiger partial charge on any atom is 0.406 e. The second-order valence-electron chi connectivity index (χ2n) is 9.81. The number of alkyl halides is 3. The number of benzene rings is 2. The van der Waals surface area contributed by atoms with Crippen LogP contribution in [0, 0.1) is 5.82 Å². The molecule has 0 saturated heterocycles. The first kappa shape index (κ1) is 32.6. The van der Waals surface area contributed by atoms with Gasteiger partial charge in [0.15, 0.2) is 0 Å². The molecule has 0 bridgehead atoms. The lowest BCUT2D eigenvalue weighted by molar-refractivity contribution is -0.159. The number of rotatable bonds is 11. The molecule has 2 aromatic carbocycles. The summed E-state index contributed by atoms with van der Waals surface area (Å²) in [6, 6.07) is 10.8. The molecular formula is C29H32ClF4N5O3. The summed E-state index contributed by atoms with van der Waals surface area (Å²) < 4.78 is 54.8. The van der Waals surface area contributed by atoms with E-state index in [-0.39, 0.29) is 16.9 Å². The third-order valence-corrected chi connectivity index (χ3v) is 7.12. The largest absolute Gasteiger partial charge is 0.406 e. The Labute approximate surface area is 246 Å². The fraction of sp³-hybridized carbons (Fsp3) is 0.379. The maximum atomic E-state index is 15.2. The van der Waals surface area contributed by atoms with Gasteiger partial charge in [-0.3, -0.25) is 19.1 Å². The van der Waals surface area contributed by atoms with Gasteiger partial charge in [0.25, 0.3) is 5.91 Å². The van der Waals surface area contributed by atoms with Gasteiger partial charge in [0.1, 0.15) is 24.1 Å². The van der Waals surface area contributed by atoms with Crippen LogP contribution in [0.25, 0.3) is 0 Å². The second kappa shape index (κ2) is 13.8. The number of hydrogen-bond acceptors (Lipinski definition) is 4. The van der Waals surface area contributed by atoms with E-state index in [4.69, 9.17) is 11.6 Å². The van der Waals surface area contributed by atoms with Gasteiger partial charge in [-0.1, -0.05) is 36.7 Å². The van der Waals surface area contributed by atoms with Crippen LogP contribution < -0.4 is 10.6 Å². The van der Waals surface area contributed by atoms with Crippen LogP contribution in [0.4, 0.5) is 23.2 Å². The Morgan fingerprint density at radius 3 is 2.26 bits per heavy atom. The first-order chi connectivity index (χ1) is 19.7. The van der Waals surface area contributed by atoms with Crippen LogP contribution in [0.1, 0.15) is 60.6 Å². The SMILES string of the molecule is CC[C@@H](c1ccc(Cl)cc1)[C@H](NC(=O)c1ccnn1CC)C(=O)Nc1ccc([C@H](C)C(=O)N(C)CC(F)(F)F)cc1F. The summed E-state index contributed by atoms with van der Waals surface area (Å²) in [5.41, 5.74) is 0.870. The van der Waals surface area contributed by atoms with Crippen LogP contribution in [0.15, 0.2) is 54.7 Å². The van der Waals surface area contributed by atoms with Crippen molar-refractivity contribution < 1.29 is 31.9 Å². The maximum absolute atomic E-state index is 15.2. The highest BCUT2D eigenvalue weighted by atomic mass is 35.5. The summed E-state index contributed by atoms with van der Waals surface area (Å²) in [6.45, 7) is 4.00. The van der Waals surface area contributed by atoms with Gasteiger partial charge in [-0.25, -0.2) is 4.39 Å². The number of carbonyl (C=O) groups excluding carboxylic acids is 3. The number of anilines is 1. The zero-order valence-electron chi connectivity index (χ0n) is 23.5. The Hall–Kier alpha value is -3.93. The van der Waals surface area contributed by atoms with Crippen molar-refractivity contribution in [2.75, 3.05) is 18.9 Å². The minimum atomic E-state index is -4.58. The van der Waals surface area contributed by atoms with Crippen LogP contribution in [0.5, 0.6) is 0 Å². The number of likely N-dealkylation sites (N-methyl/N-ethyl adjacent to an activating group) is 1. The van der Waals surface area contributed by atoms with Gasteiger partial charge in [-0.15, -0.1) is 0 Å². The number of amides is 3. The van der Waals surface area contributed by atoms with Gasteiger partial charge in [-0.05, 0) is 61.7 Å². The number of aryl methyl sites for hydroxylation is 1. The number of aromatic nitrogens is 2. The normalized spacial score (nSPS) is 13.6. The molecule has 42 heavy (non-hydrogen) atoms. The molecule has 226 valence electrons. The molecule has 0 radical (unpaired) electrons. The summed E-state index contributed by atoms with van der Waals surface area (Å²) in [7, 11) is 1.02. The second-order valence-corrected chi connectivity index (χ2v) is 10.2. The zero-order chi connectivity index (χ0) is 31.2. The molecule has 0 saturated carbocycles. The van der Waals surface area contributed by atoms with Gasteiger partial charge in [-0.2, -0.15) is 18.3 Å². The average Bonchev–Trinajstić information content (AvgIpc) is 3.42. The van der Waals surface area contributed by atoms with Crippen molar-refractivity contribution in [1.29, 1.82) is 0 Å². The van der Waals surface area contributed by atoms with Crippen molar-refractivity contribution in [2.24, 2.45) is 0 Å². The van der Waals surface area contributed by atoms with E-state index in [9.17, 15) is 27.6 Å². The van der Waals surface area contributed by atoms with E-state index in [1.165, 1.54) is 36.0 Å². The van der Waals surface area contributed by atoms with Crippen molar-refractivity contribution in [3.8, 4) is 0 Å². The predicted octanol–water partition coefficient (Wildman–Crippen LogP) is 5.75. The van der Waals surface area contributed by atoms with Crippen LogP contribution in [-0.4, -0.2) is 58.2 Å². The minimum absolute atomic E-state index is 0.134. The standard InChI is InChI=1S/C29H32ClF4N5O3/c1-5-21(18-7-10-20(30)11-8-18)25(37-26(40)24-13-14-35-39(24)6-2)27(41)36-23-12-9-19(15-22(23)31)17(3)28(42)38(4)16-29(32,33)34/h7-15,17,21,25H,5-6,16H2,1-4H3,(H,36,41)(H,37,40)/t17-,21-,25-/m0/s1. The van der Waals surface area contributed by atoms with Crippen LogP contribution in [0.2, 0.25) is 5.02 Å². The number of halogens is 5. The van der Waals surface area contributed by atoms with Crippen molar-refractivity contribution in [1.82, 2.24) is 20.0 Å². The van der Waals surface area contributed by atoms with Gasteiger partial charge in [0, 0.05) is 30.7 Å². The number of carbonyl (C=O) groups is 3. The van der Waals surface area contributed by atoms with Gasteiger partial charge < -0.3 is 15.5 Å². The molecule has 1 heterocycles. The van der Waals surface area contributed by atoms with Crippen molar-refractivity contribution in [2.45, 2.75) is 57.8 Å². The van der Waals surface area contributed by atoms with E-state index in [2.05, 4.69) is 15.7 Å². The Bertz CT molecular complexity index is 1410. The summed E-state index contributed by atoms with van der Waals surface area (Å²) >= 11 is 6.04. The van der Waals surface area contributed by atoms with Crippen LogP contribution in [-0.2, 0) is 16.1 Å². The quantitative estimate of drug-likeness (QED) is 0.271. The third-order valence-electron chi connectivity index (χ3n) is 6.87. The number of nitrogens with one attached hydrogen (secondary N) is 2. The van der Waals surface area contributed by atoms with E-state index in [1.807, 2.05) is 13.8 Å². The molecule has 0 aliphatic rings. The smallest absolute Gasteiger partial charge is 0.338 e. The summed E-state index contributed by atoms with van der Waals surface area (Å²) in [5, 5.41) is 9.86. The fourth-order valence-electron chi connectivity index (χ4n) is 4.65. The van der Waals surface area contributed by atoms with E-state index in [0.29, 0.717) is 22.9 Å². The Morgan fingerprint density at radius 1 is 1.05 bits per heavy atom. The molecule has 0 aliphatic heterocycles. The highest BCUT2D eigenvalue weighted by molar-refractivity contribution is 6.30. The molecule has 13 heteroatoms. The molecule has 0 fully saturated rings. The summed E-state index contributed by atoms with van der Waals surface area (Å²) in [5.74, 6) is -4.57. The minimum Gasteiger partial charge on any atom is -0.338 e. The van der Waals surface area contributed by atoms with Crippen molar-refractivity contribution in [3.05, 3.63) is 82.4 Å². The van der Waals surface area contributed by atoms with E-state index < -0.39 is 54.1 Å². The van der Waals surface area contributed by atoms with Crippen LogP contribution in [0.3, 0.4) is 0 Å². The number of nitrogens with zero attached hydrogens (tertiary/aromatic N) is 3. The molecule has 0 spiro atoms. The highest BCUT2D eigenvalue weighted by Crippen LogP contribution is 2.28. The molecule has 3 amide bonds. The van der Waals surface area contributed by atoms with Gasteiger partial charge >= 0.3 is 6.18 Å². The molecule has 3 aromatic rings. The first-order valence-electron chi connectivity index (χ1n) is 13.3. The lowest BCUT2D eigenvalue weighted by Gasteiger charge is -2.27. The highest BCUT2D eigenvalue weighted by Gasteiger charge is 2.34. The van der Waals surface area contributed by atoms with Gasteiger partial charge in [0.05, 0.1) is 11.6 Å². The molecule has 3 rings (SSSR count). The Morgan fingerprint density at radius 2 is 1.69 bits per heavy atom. The Balaban J connectivity index is 1.87. The molecular weight excluding hydrogens is 578 g/mol. The zero-order valence-corrected chi connectivity index (χ0v) is 24.3. The van der Waals surface area contributed by atoms with E-state index >= 15 is 4.39 Å². The fourth-order valence-corrected chi connectivity index (χ4v) is 4.77. The lowest BCUT2D eigenvalue weighted by Crippen LogP contribution is -2.48. The average molecular weight is 610 g/mol. The van der Waals surface area contributed by atoms with Gasteiger partial charge in [0.2, 0.25) is 11.8 Å². The monoisotopic (exact) mass is 609 g/mol. The molecule has 2 N–H and O–H groups in total. The molecule has 0 aliphatic carbocycles.